The molecule has 0 saturated carbocycles. The van der Waals surface area contributed by atoms with Crippen LogP contribution in [0, 0.1) is 0 Å². The van der Waals surface area contributed by atoms with Gasteiger partial charge in [-0.25, -0.2) is 9.97 Å². The van der Waals surface area contributed by atoms with Crippen LogP contribution < -0.4 is 16.2 Å². The number of amides is 1. The van der Waals surface area contributed by atoms with Gasteiger partial charge in [0.05, 0.1) is 17.8 Å². The number of rotatable bonds is 7. The SMILES string of the molecule is CC(C)(O)CNCc1ccc2nc(CNC(=O)c3cc(=O)n4ccccc4n3)cn2c1. The molecule has 0 atom stereocenters. The molecule has 0 unspecified atom stereocenters. The minimum absolute atomic E-state index is 0.0696. The van der Waals surface area contributed by atoms with E-state index < -0.39 is 11.5 Å². The lowest BCUT2D eigenvalue weighted by Crippen LogP contribution is -2.34. The minimum atomic E-state index is -0.768. The Hall–Kier alpha value is -3.56. The lowest BCUT2D eigenvalue weighted by atomic mass is 10.1. The molecule has 0 radical (unpaired) electrons. The van der Waals surface area contributed by atoms with Gasteiger partial charge in [-0.15, -0.1) is 0 Å². The fraction of sp³-hybridized carbons (Fsp3) is 0.273. The Morgan fingerprint density at radius 3 is 2.74 bits per heavy atom. The molecule has 4 rings (SSSR count). The van der Waals surface area contributed by atoms with E-state index in [0.717, 1.165) is 11.2 Å². The molecule has 4 heterocycles. The van der Waals surface area contributed by atoms with Crippen LogP contribution in [-0.2, 0) is 13.1 Å². The molecule has 3 N–H and O–H groups in total. The highest BCUT2D eigenvalue weighted by molar-refractivity contribution is 5.92. The standard InChI is InChI=1S/C22H24N6O3/c1-22(2,31)14-23-10-15-6-7-18-25-16(13-27(18)12-15)11-24-21(30)17-9-20(29)28-8-4-3-5-19(28)26-17/h3-9,12-13,23,31H,10-11,14H2,1-2H3,(H,24,30). The minimum Gasteiger partial charge on any atom is -0.389 e. The van der Waals surface area contributed by atoms with Crippen LogP contribution in [0.5, 0.6) is 0 Å². The Bertz CT molecular complexity index is 1300. The molecule has 1 amide bonds. The Balaban J connectivity index is 1.43. The molecule has 160 valence electrons. The Morgan fingerprint density at radius 2 is 1.94 bits per heavy atom. The second kappa shape index (κ2) is 8.29. The molecular weight excluding hydrogens is 396 g/mol. The van der Waals surface area contributed by atoms with Crippen molar-refractivity contribution in [2.75, 3.05) is 6.54 Å². The molecule has 4 aromatic rings. The van der Waals surface area contributed by atoms with Crippen molar-refractivity contribution >= 4 is 17.2 Å². The molecule has 0 aromatic carbocycles. The van der Waals surface area contributed by atoms with Gasteiger partial charge in [-0.3, -0.25) is 14.0 Å². The van der Waals surface area contributed by atoms with Gasteiger partial charge in [-0.2, -0.15) is 0 Å². The largest absolute Gasteiger partial charge is 0.389 e. The monoisotopic (exact) mass is 420 g/mol. The second-order valence-corrected chi connectivity index (χ2v) is 8.04. The second-order valence-electron chi connectivity index (χ2n) is 8.04. The molecule has 9 heteroatoms. The van der Waals surface area contributed by atoms with Crippen molar-refractivity contribution < 1.29 is 9.90 Å². The maximum Gasteiger partial charge on any atom is 0.270 e. The molecule has 4 aromatic heterocycles. The summed E-state index contributed by atoms with van der Waals surface area (Å²) in [7, 11) is 0. The first kappa shape index (κ1) is 20.7. The van der Waals surface area contributed by atoms with Crippen LogP contribution in [0.15, 0.2) is 59.8 Å². The smallest absolute Gasteiger partial charge is 0.270 e. The van der Waals surface area contributed by atoms with E-state index in [1.165, 1.54) is 10.5 Å². The fourth-order valence-corrected chi connectivity index (χ4v) is 3.22. The van der Waals surface area contributed by atoms with Gasteiger partial charge in [0.1, 0.15) is 17.0 Å². The zero-order chi connectivity index (χ0) is 22.0. The first-order valence-electron chi connectivity index (χ1n) is 9.95. The number of nitrogens with zero attached hydrogens (tertiary/aromatic N) is 4. The van der Waals surface area contributed by atoms with Crippen LogP contribution >= 0.6 is 0 Å². The number of aliphatic hydroxyl groups is 1. The summed E-state index contributed by atoms with van der Waals surface area (Å²) in [5.74, 6) is -0.433. The summed E-state index contributed by atoms with van der Waals surface area (Å²) in [6.45, 7) is 4.82. The van der Waals surface area contributed by atoms with Crippen molar-refractivity contribution in [3.8, 4) is 0 Å². The van der Waals surface area contributed by atoms with Gasteiger partial charge in [-0.05, 0) is 37.6 Å². The van der Waals surface area contributed by atoms with Crippen molar-refractivity contribution in [3.05, 3.63) is 82.3 Å². The molecule has 31 heavy (non-hydrogen) atoms. The van der Waals surface area contributed by atoms with Crippen molar-refractivity contribution in [2.45, 2.75) is 32.5 Å². The molecule has 9 nitrogen and oxygen atoms in total. The third-order valence-corrected chi connectivity index (χ3v) is 4.68. The van der Waals surface area contributed by atoms with Gasteiger partial charge < -0.3 is 20.1 Å². The maximum absolute atomic E-state index is 12.5. The van der Waals surface area contributed by atoms with Crippen LogP contribution in [0.1, 0.15) is 35.6 Å². The number of carbonyl (C=O) groups is 1. The summed E-state index contributed by atoms with van der Waals surface area (Å²) in [5, 5.41) is 15.8. The van der Waals surface area contributed by atoms with E-state index in [4.69, 9.17) is 0 Å². The number of hydrogen-bond donors (Lipinski definition) is 3. The zero-order valence-electron chi connectivity index (χ0n) is 17.4. The zero-order valence-corrected chi connectivity index (χ0v) is 17.4. The number of carbonyl (C=O) groups excluding carboxylic acids is 1. The van der Waals surface area contributed by atoms with Gasteiger partial charge in [0, 0.05) is 37.7 Å². The molecule has 0 fully saturated rings. The average molecular weight is 420 g/mol. The number of imidazole rings is 1. The topological polar surface area (TPSA) is 113 Å². The highest BCUT2D eigenvalue weighted by Gasteiger charge is 2.13. The average Bonchev–Trinajstić information content (AvgIpc) is 3.13. The van der Waals surface area contributed by atoms with E-state index in [1.54, 1.807) is 38.2 Å². The van der Waals surface area contributed by atoms with Crippen molar-refractivity contribution in [1.29, 1.82) is 0 Å². The van der Waals surface area contributed by atoms with E-state index >= 15 is 0 Å². The van der Waals surface area contributed by atoms with Crippen LogP contribution in [0.4, 0.5) is 0 Å². The number of nitrogens with one attached hydrogen (secondary N) is 2. The third kappa shape index (κ3) is 4.96. The quantitative estimate of drug-likeness (QED) is 0.413. The van der Waals surface area contributed by atoms with Crippen molar-refractivity contribution in [2.24, 2.45) is 0 Å². The highest BCUT2D eigenvalue weighted by Crippen LogP contribution is 2.09. The van der Waals surface area contributed by atoms with Crippen LogP contribution in [0.3, 0.4) is 0 Å². The predicted octanol–water partition coefficient (Wildman–Crippen LogP) is 1.13. The summed E-state index contributed by atoms with van der Waals surface area (Å²) < 4.78 is 3.27. The Labute approximate surface area is 178 Å². The van der Waals surface area contributed by atoms with E-state index in [1.807, 2.05) is 28.9 Å². The van der Waals surface area contributed by atoms with E-state index in [-0.39, 0.29) is 17.8 Å². The molecule has 0 bridgehead atoms. The first-order chi connectivity index (χ1) is 14.8. The summed E-state index contributed by atoms with van der Waals surface area (Å²) in [6, 6.07) is 10.3. The highest BCUT2D eigenvalue weighted by atomic mass is 16.3. The molecule has 0 aliphatic heterocycles. The van der Waals surface area contributed by atoms with Gasteiger partial charge in [-0.1, -0.05) is 12.1 Å². The molecule has 0 aliphatic carbocycles. The number of hydrogen-bond acceptors (Lipinski definition) is 6. The van der Waals surface area contributed by atoms with Crippen LogP contribution in [-0.4, -0.2) is 41.9 Å². The summed E-state index contributed by atoms with van der Waals surface area (Å²) in [5.41, 5.74) is 1.90. The Kier molecular flexibility index (Phi) is 5.53. The molecule has 0 spiro atoms. The van der Waals surface area contributed by atoms with E-state index in [2.05, 4.69) is 20.6 Å². The molecule has 0 aliphatic rings. The lowest BCUT2D eigenvalue weighted by Gasteiger charge is -2.17. The predicted molar refractivity (Wildman–Crippen MR) is 116 cm³/mol. The van der Waals surface area contributed by atoms with Gasteiger partial charge in [0.2, 0.25) is 0 Å². The summed E-state index contributed by atoms with van der Waals surface area (Å²) in [6.07, 6.45) is 5.41. The first-order valence-corrected chi connectivity index (χ1v) is 9.95. The molecular formula is C22H24N6O3. The van der Waals surface area contributed by atoms with Gasteiger partial charge >= 0.3 is 0 Å². The summed E-state index contributed by atoms with van der Waals surface area (Å²) >= 11 is 0. The van der Waals surface area contributed by atoms with Crippen molar-refractivity contribution in [1.82, 2.24) is 29.4 Å². The number of aromatic nitrogens is 4. The van der Waals surface area contributed by atoms with E-state index in [0.29, 0.717) is 24.4 Å². The maximum atomic E-state index is 12.5. The summed E-state index contributed by atoms with van der Waals surface area (Å²) in [4.78, 5) is 33.4. The van der Waals surface area contributed by atoms with Gasteiger partial charge in [0.25, 0.3) is 11.5 Å². The molecule has 0 saturated heterocycles. The Morgan fingerprint density at radius 1 is 1.10 bits per heavy atom. The van der Waals surface area contributed by atoms with E-state index in [9.17, 15) is 14.7 Å². The van der Waals surface area contributed by atoms with Gasteiger partial charge in [0.15, 0.2) is 0 Å². The number of pyridine rings is 2. The number of fused-ring (bicyclic) bond motifs is 2. The lowest BCUT2D eigenvalue weighted by molar-refractivity contribution is 0.0794. The van der Waals surface area contributed by atoms with Crippen LogP contribution in [0.2, 0.25) is 0 Å². The van der Waals surface area contributed by atoms with Crippen LogP contribution in [0.25, 0.3) is 11.3 Å². The normalized spacial score (nSPS) is 11.8. The third-order valence-electron chi connectivity index (χ3n) is 4.68. The van der Waals surface area contributed by atoms with Crippen molar-refractivity contribution in [3.63, 3.8) is 0 Å². The fourth-order valence-electron chi connectivity index (χ4n) is 3.22.